The van der Waals surface area contributed by atoms with Gasteiger partial charge in [-0.2, -0.15) is 0 Å². The van der Waals surface area contributed by atoms with E-state index >= 15 is 0 Å². The third-order valence-electron chi connectivity index (χ3n) is 4.11. The molecule has 0 radical (unpaired) electrons. The molecule has 1 fully saturated rings. The molecule has 0 heterocycles. The van der Waals surface area contributed by atoms with E-state index in [1.807, 2.05) is 11.9 Å². The Bertz CT molecular complexity index is 470. The molecular formula is C16H21BrFNO. The van der Waals surface area contributed by atoms with Crippen LogP contribution >= 0.6 is 15.9 Å². The summed E-state index contributed by atoms with van der Waals surface area (Å²) in [5.74, 6) is -0.172. The van der Waals surface area contributed by atoms with Crippen molar-refractivity contribution in [3.8, 4) is 0 Å². The van der Waals surface area contributed by atoms with E-state index in [4.69, 9.17) is 0 Å². The summed E-state index contributed by atoms with van der Waals surface area (Å²) in [6.45, 7) is 0. The van der Waals surface area contributed by atoms with Crippen LogP contribution in [-0.2, 0) is 11.2 Å². The molecule has 1 saturated carbocycles. The molecule has 0 unspecified atom stereocenters. The lowest BCUT2D eigenvalue weighted by molar-refractivity contribution is -0.131. The van der Waals surface area contributed by atoms with Crippen molar-refractivity contribution in [3.63, 3.8) is 0 Å². The highest BCUT2D eigenvalue weighted by atomic mass is 79.9. The summed E-state index contributed by atoms with van der Waals surface area (Å²) in [6.07, 6.45) is 7.54. The van der Waals surface area contributed by atoms with Crippen LogP contribution < -0.4 is 0 Å². The highest BCUT2D eigenvalue weighted by molar-refractivity contribution is 9.10. The molecule has 1 aromatic carbocycles. The van der Waals surface area contributed by atoms with Gasteiger partial charge in [-0.3, -0.25) is 4.79 Å². The zero-order valence-electron chi connectivity index (χ0n) is 11.9. The quantitative estimate of drug-likeness (QED) is 0.750. The van der Waals surface area contributed by atoms with E-state index in [0.717, 1.165) is 18.4 Å². The number of amides is 1. The SMILES string of the molecule is CN(C(=O)Cc1ccc(F)c(Br)c1)C1CCCCCC1. The van der Waals surface area contributed by atoms with Gasteiger partial charge in [-0.15, -0.1) is 0 Å². The first-order valence-electron chi connectivity index (χ1n) is 7.27. The molecule has 110 valence electrons. The molecular weight excluding hydrogens is 321 g/mol. The average molecular weight is 342 g/mol. The Morgan fingerprint density at radius 1 is 1.30 bits per heavy atom. The number of halogens is 2. The third kappa shape index (κ3) is 4.05. The second-order valence-corrected chi connectivity index (χ2v) is 6.43. The van der Waals surface area contributed by atoms with Crippen molar-refractivity contribution >= 4 is 21.8 Å². The maximum Gasteiger partial charge on any atom is 0.226 e. The van der Waals surface area contributed by atoms with Gasteiger partial charge in [0.25, 0.3) is 0 Å². The van der Waals surface area contributed by atoms with Gasteiger partial charge in [-0.1, -0.05) is 31.7 Å². The first kappa shape index (κ1) is 15.5. The topological polar surface area (TPSA) is 20.3 Å². The van der Waals surface area contributed by atoms with Gasteiger partial charge in [0.05, 0.1) is 10.9 Å². The molecule has 0 aliphatic heterocycles. The van der Waals surface area contributed by atoms with Gasteiger partial charge >= 0.3 is 0 Å². The lowest BCUT2D eigenvalue weighted by atomic mass is 10.1. The Hall–Kier alpha value is -0.900. The van der Waals surface area contributed by atoms with Crippen molar-refractivity contribution in [1.29, 1.82) is 0 Å². The van der Waals surface area contributed by atoms with E-state index in [1.165, 1.54) is 31.7 Å². The Morgan fingerprint density at radius 3 is 2.55 bits per heavy atom. The van der Waals surface area contributed by atoms with Gasteiger partial charge in [0.15, 0.2) is 0 Å². The van der Waals surface area contributed by atoms with Crippen LogP contribution in [0.5, 0.6) is 0 Å². The summed E-state index contributed by atoms with van der Waals surface area (Å²) in [6, 6.07) is 5.14. The largest absolute Gasteiger partial charge is 0.342 e. The summed E-state index contributed by atoms with van der Waals surface area (Å²) in [4.78, 5) is 14.2. The minimum atomic E-state index is -0.293. The van der Waals surface area contributed by atoms with Gasteiger partial charge in [0, 0.05) is 13.1 Å². The molecule has 0 saturated heterocycles. The zero-order valence-corrected chi connectivity index (χ0v) is 13.5. The Balaban J connectivity index is 1.97. The van der Waals surface area contributed by atoms with Gasteiger partial charge in [0.1, 0.15) is 5.82 Å². The molecule has 0 N–H and O–H groups in total. The maximum absolute atomic E-state index is 13.2. The van der Waals surface area contributed by atoms with E-state index in [1.54, 1.807) is 12.1 Å². The normalized spacial score (nSPS) is 16.8. The fraction of sp³-hybridized carbons (Fsp3) is 0.562. The van der Waals surface area contributed by atoms with Crippen LogP contribution in [0.25, 0.3) is 0 Å². The monoisotopic (exact) mass is 341 g/mol. The highest BCUT2D eigenvalue weighted by Gasteiger charge is 2.21. The number of benzene rings is 1. The standard InChI is InChI=1S/C16H21BrFNO/c1-19(13-6-4-2-3-5-7-13)16(20)11-12-8-9-15(18)14(17)10-12/h8-10,13H,2-7,11H2,1H3. The minimum Gasteiger partial charge on any atom is -0.342 e. The van der Waals surface area contributed by atoms with Gasteiger partial charge in [0.2, 0.25) is 5.91 Å². The van der Waals surface area contributed by atoms with Crippen LogP contribution in [0.2, 0.25) is 0 Å². The molecule has 0 aromatic heterocycles. The molecule has 2 nitrogen and oxygen atoms in total. The molecule has 0 spiro atoms. The van der Waals surface area contributed by atoms with Crippen LogP contribution in [0.3, 0.4) is 0 Å². The summed E-state index contributed by atoms with van der Waals surface area (Å²) in [5.41, 5.74) is 0.851. The van der Waals surface area contributed by atoms with Gasteiger partial charge < -0.3 is 4.90 Å². The Morgan fingerprint density at radius 2 is 1.95 bits per heavy atom. The maximum atomic E-state index is 13.2. The lowest BCUT2D eigenvalue weighted by Crippen LogP contribution is -2.37. The van der Waals surface area contributed by atoms with Crippen LogP contribution in [0.4, 0.5) is 4.39 Å². The number of hydrogen-bond acceptors (Lipinski definition) is 1. The Labute approximate surface area is 128 Å². The zero-order chi connectivity index (χ0) is 14.5. The molecule has 0 atom stereocenters. The van der Waals surface area contributed by atoms with E-state index in [9.17, 15) is 9.18 Å². The Kier molecular flexibility index (Phi) is 5.58. The van der Waals surface area contributed by atoms with Crippen LogP contribution in [-0.4, -0.2) is 23.9 Å². The van der Waals surface area contributed by atoms with Crippen LogP contribution in [0, 0.1) is 5.82 Å². The number of hydrogen-bond donors (Lipinski definition) is 0. The number of rotatable bonds is 3. The summed E-state index contributed by atoms with van der Waals surface area (Å²) in [5, 5.41) is 0. The summed E-state index contributed by atoms with van der Waals surface area (Å²) in [7, 11) is 1.90. The van der Waals surface area contributed by atoms with Crippen molar-refractivity contribution in [3.05, 3.63) is 34.1 Å². The summed E-state index contributed by atoms with van der Waals surface area (Å²) >= 11 is 3.16. The number of carbonyl (C=O) groups excluding carboxylic acids is 1. The van der Waals surface area contributed by atoms with Crippen molar-refractivity contribution < 1.29 is 9.18 Å². The fourth-order valence-electron chi connectivity index (χ4n) is 2.80. The van der Waals surface area contributed by atoms with Crippen molar-refractivity contribution in [2.75, 3.05) is 7.05 Å². The predicted octanol–water partition coefficient (Wildman–Crippen LogP) is 4.31. The van der Waals surface area contributed by atoms with Crippen molar-refractivity contribution in [2.24, 2.45) is 0 Å². The molecule has 2 rings (SSSR count). The predicted molar refractivity (Wildman–Crippen MR) is 82.1 cm³/mol. The number of carbonyl (C=O) groups is 1. The van der Waals surface area contributed by atoms with E-state index in [-0.39, 0.29) is 11.7 Å². The second kappa shape index (κ2) is 7.21. The van der Waals surface area contributed by atoms with Crippen LogP contribution in [0.15, 0.2) is 22.7 Å². The van der Waals surface area contributed by atoms with Gasteiger partial charge in [-0.05, 0) is 46.5 Å². The minimum absolute atomic E-state index is 0.121. The molecule has 4 heteroatoms. The average Bonchev–Trinajstić information content (AvgIpc) is 2.71. The first-order chi connectivity index (χ1) is 9.58. The van der Waals surface area contributed by atoms with E-state index in [0.29, 0.717) is 16.9 Å². The molecule has 1 amide bonds. The number of likely N-dealkylation sites (N-methyl/N-ethyl adjacent to an activating group) is 1. The highest BCUT2D eigenvalue weighted by Crippen LogP contribution is 2.22. The molecule has 1 aliphatic rings. The summed E-state index contributed by atoms with van der Waals surface area (Å²) < 4.78 is 13.6. The number of nitrogens with zero attached hydrogens (tertiary/aromatic N) is 1. The van der Waals surface area contributed by atoms with Gasteiger partial charge in [-0.25, -0.2) is 4.39 Å². The van der Waals surface area contributed by atoms with Crippen molar-refractivity contribution in [1.82, 2.24) is 4.90 Å². The van der Waals surface area contributed by atoms with Crippen LogP contribution in [0.1, 0.15) is 44.1 Å². The van der Waals surface area contributed by atoms with Crippen molar-refractivity contribution in [2.45, 2.75) is 51.0 Å². The lowest BCUT2D eigenvalue weighted by Gasteiger charge is -2.27. The second-order valence-electron chi connectivity index (χ2n) is 5.58. The molecule has 1 aromatic rings. The first-order valence-corrected chi connectivity index (χ1v) is 8.07. The molecule has 0 bridgehead atoms. The smallest absolute Gasteiger partial charge is 0.226 e. The fourth-order valence-corrected chi connectivity index (χ4v) is 3.22. The van der Waals surface area contributed by atoms with E-state index in [2.05, 4.69) is 15.9 Å². The molecule has 20 heavy (non-hydrogen) atoms. The third-order valence-corrected chi connectivity index (χ3v) is 4.71. The van der Waals surface area contributed by atoms with E-state index < -0.39 is 0 Å². The molecule has 1 aliphatic carbocycles.